The Balaban J connectivity index is 2.01. The number of amides is 2. The van der Waals surface area contributed by atoms with Crippen LogP contribution in [-0.4, -0.2) is 22.9 Å². The van der Waals surface area contributed by atoms with E-state index in [2.05, 4.69) is 5.32 Å². The molecular formula is C15H18N2O4. The Morgan fingerprint density at radius 2 is 1.76 bits per heavy atom. The lowest BCUT2D eigenvalue weighted by atomic mass is 10.1. The molecule has 21 heavy (non-hydrogen) atoms. The maximum Gasteiger partial charge on any atom is 0.307 e. The summed E-state index contributed by atoms with van der Waals surface area (Å²) < 4.78 is 0. The van der Waals surface area contributed by atoms with Gasteiger partial charge in [-0.15, -0.1) is 0 Å². The van der Waals surface area contributed by atoms with Crippen LogP contribution in [0.5, 0.6) is 0 Å². The standard InChI is InChI=1S/C15H18N2O4/c1-15(2)11(12(15)14(20)21)13(19)17-9-5-3-8(4-6-9)7-10(16)18/h3-6,11-12H,7H2,1-2H3,(H2,16,18)(H,17,19)(H,20,21). The average molecular weight is 290 g/mol. The highest BCUT2D eigenvalue weighted by Crippen LogP contribution is 2.58. The Morgan fingerprint density at radius 1 is 1.19 bits per heavy atom. The summed E-state index contributed by atoms with van der Waals surface area (Å²) in [4.78, 5) is 34.0. The van der Waals surface area contributed by atoms with Crippen LogP contribution in [0.25, 0.3) is 0 Å². The van der Waals surface area contributed by atoms with Crippen LogP contribution in [0, 0.1) is 17.3 Å². The van der Waals surface area contributed by atoms with Gasteiger partial charge in [0, 0.05) is 5.69 Å². The molecule has 0 radical (unpaired) electrons. The van der Waals surface area contributed by atoms with Gasteiger partial charge in [0.2, 0.25) is 11.8 Å². The van der Waals surface area contributed by atoms with E-state index in [1.165, 1.54) is 0 Å². The predicted octanol–water partition coefficient (Wildman–Crippen LogP) is 1.01. The molecule has 6 heteroatoms. The number of nitrogens with two attached hydrogens (primary N) is 1. The van der Waals surface area contributed by atoms with E-state index in [-0.39, 0.29) is 12.3 Å². The topological polar surface area (TPSA) is 109 Å². The Bertz CT molecular complexity index is 592. The van der Waals surface area contributed by atoms with E-state index in [1.807, 2.05) is 0 Å². The third-order valence-electron chi connectivity index (χ3n) is 3.98. The predicted molar refractivity (Wildman–Crippen MR) is 76.4 cm³/mol. The van der Waals surface area contributed by atoms with Crippen molar-refractivity contribution >= 4 is 23.5 Å². The minimum atomic E-state index is -0.947. The van der Waals surface area contributed by atoms with Gasteiger partial charge in [0.05, 0.1) is 18.3 Å². The Kier molecular flexibility index (Phi) is 3.72. The maximum absolute atomic E-state index is 12.1. The number of carboxylic acid groups (broad SMARTS) is 1. The lowest BCUT2D eigenvalue weighted by Crippen LogP contribution is -2.18. The van der Waals surface area contributed by atoms with Gasteiger partial charge in [0.25, 0.3) is 0 Å². The number of aliphatic carboxylic acids is 1. The number of nitrogens with one attached hydrogen (secondary N) is 1. The Morgan fingerprint density at radius 3 is 2.19 bits per heavy atom. The van der Waals surface area contributed by atoms with Crippen LogP contribution < -0.4 is 11.1 Å². The maximum atomic E-state index is 12.1. The smallest absolute Gasteiger partial charge is 0.307 e. The highest BCUT2D eigenvalue weighted by atomic mass is 16.4. The van der Waals surface area contributed by atoms with Crippen molar-refractivity contribution < 1.29 is 19.5 Å². The summed E-state index contributed by atoms with van der Waals surface area (Å²) in [6.07, 6.45) is 0.144. The molecule has 6 nitrogen and oxygen atoms in total. The van der Waals surface area contributed by atoms with Crippen LogP contribution in [0.4, 0.5) is 5.69 Å². The molecule has 1 fully saturated rings. The fourth-order valence-electron chi connectivity index (χ4n) is 2.72. The largest absolute Gasteiger partial charge is 0.481 e. The zero-order valence-corrected chi connectivity index (χ0v) is 11.9. The van der Waals surface area contributed by atoms with Gasteiger partial charge in [-0.25, -0.2) is 0 Å². The van der Waals surface area contributed by atoms with Crippen LogP contribution >= 0.6 is 0 Å². The zero-order chi connectivity index (χ0) is 15.8. The van der Waals surface area contributed by atoms with Crippen molar-refractivity contribution in [3.8, 4) is 0 Å². The van der Waals surface area contributed by atoms with Crippen molar-refractivity contribution in [3.63, 3.8) is 0 Å². The van der Waals surface area contributed by atoms with Gasteiger partial charge in [-0.2, -0.15) is 0 Å². The Hall–Kier alpha value is -2.37. The van der Waals surface area contributed by atoms with E-state index < -0.39 is 29.1 Å². The fourth-order valence-corrected chi connectivity index (χ4v) is 2.72. The molecule has 2 atom stereocenters. The molecule has 0 saturated heterocycles. The summed E-state index contributed by atoms with van der Waals surface area (Å²) in [5.41, 5.74) is 5.90. The second kappa shape index (κ2) is 5.20. The molecule has 1 aliphatic carbocycles. The number of carbonyl (C=O) groups excluding carboxylic acids is 2. The fraction of sp³-hybridized carbons (Fsp3) is 0.400. The number of benzene rings is 1. The van der Waals surface area contributed by atoms with E-state index in [1.54, 1.807) is 38.1 Å². The van der Waals surface area contributed by atoms with Crippen LogP contribution in [0.3, 0.4) is 0 Å². The van der Waals surface area contributed by atoms with Crippen molar-refractivity contribution in [2.75, 3.05) is 5.32 Å². The molecule has 1 aliphatic rings. The molecule has 2 unspecified atom stereocenters. The molecule has 2 amide bonds. The molecule has 1 saturated carbocycles. The van der Waals surface area contributed by atoms with Gasteiger partial charge in [-0.1, -0.05) is 26.0 Å². The molecule has 112 valence electrons. The molecule has 0 aliphatic heterocycles. The van der Waals surface area contributed by atoms with E-state index in [9.17, 15) is 14.4 Å². The third-order valence-corrected chi connectivity index (χ3v) is 3.98. The number of carbonyl (C=O) groups is 3. The zero-order valence-electron chi connectivity index (χ0n) is 11.9. The lowest BCUT2D eigenvalue weighted by molar-refractivity contribution is -0.140. The number of primary amides is 1. The summed E-state index contributed by atoms with van der Waals surface area (Å²) in [7, 11) is 0. The van der Waals surface area contributed by atoms with E-state index in [0.29, 0.717) is 5.69 Å². The van der Waals surface area contributed by atoms with Crippen molar-refractivity contribution in [2.45, 2.75) is 20.3 Å². The summed E-state index contributed by atoms with van der Waals surface area (Å²) in [6.45, 7) is 3.54. The van der Waals surface area contributed by atoms with E-state index in [0.717, 1.165) is 5.56 Å². The number of anilines is 1. The first-order valence-corrected chi connectivity index (χ1v) is 6.64. The highest BCUT2D eigenvalue weighted by Gasteiger charge is 2.65. The minimum Gasteiger partial charge on any atom is -0.481 e. The van der Waals surface area contributed by atoms with Gasteiger partial charge < -0.3 is 16.2 Å². The number of hydrogen-bond acceptors (Lipinski definition) is 3. The monoisotopic (exact) mass is 290 g/mol. The molecule has 4 N–H and O–H groups in total. The van der Waals surface area contributed by atoms with Crippen molar-refractivity contribution in [3.05, 3.63) is 29.8 Å². The van der Waals surface area contributed by atoms with Gasteiger partial charge in [0.15, 0.2) is 0 Å². The van der Waals surface area contributed by atoms with Crippen molar-refractivity contribution in [1.29, 1.82) is 0 Å². The average Bonchev–Trinajstić information content (AvgIpc) is 2.94. The first-order chi connectivity index (χ1) is 9.73. The molecule has 1 aromatic carbocycles. The highest BCUT2D eigenvalue weighted by molar-refractivity contribution is 5.99. The van der Waals surface area contributed by atoms with Gasteiger partial charge in [0.1, 0.15) is 0 Å². The summed E-state index contributed by atoms with van der Waals surface area (Å²) in [5.74, 6) is -2.84. The van der Waals surface area contributed by atoms with E-state index in [4.69, 9.17) is 10.8 Å². The first kappa shape index (κ1) is 15.0. The normalized spacial score (nSPS) is 22.4. The van der Waals surface area contributed by atoms with Crippen molar-refractivity contribution in [2.24, 2.45) is 23.0 Å². The molecule has 1 aromatic rings. The number of hydrogen-bond donors (Lipinski definition) is 3. The van der Waals surface area contributed by atoms with Crippen LogP contribution in [0.15, 0.2) is 24.3 Å². The number of rotatable bonds is 5. The quantitative estimate of drug-likeness (QED) is 0.751. The first-order valence-electron chi connectivity index (χ1n) is 6.64. The molecule has 0 bridgehead atoms. The summed E-state index contributed by atoms with van der Waals surface area (Å²) in [5, 5.41) is 11.8. The molecular weight excluding hydrogens is 272 g/mol. The SMILES string of the molecule is CC1(C)C(C(=O)O)C1C(=O)Nc1ccc(CC(N)=O)cc1. The Labute approximate surface area is 122 Å². The minimum absolute atomic E-state index is 0.144. The second-order valence-electron chi connectivity index (χ2n) is 5.94. The van der Waals surface area contributed by atoms with Crippen LogP contribution in [0.2, 0.25) is 0 Å². The molecule has 0 spiro atoms. The van der Waals surface area contributed by atoms with E-state index >= 15 is 0 Å². The lowest BCUT2D eigenvalue weighted by Gasteiger charge is -2.07. The summed E-state index contributed by atoms with van der Waals surface area (Å²) >= 11 is 0. The molecule has 0 aromatic heterocycles. The van der Waals surface area contributed by atoms with Crippen LogP contribution in [-0.2, 0) is 20.8 Å². The second-order valence-corrected chi connectivity index (χ2v) is 5.94. The third kappa shape index (κ3) is 3.04. The van der Waals surface area contributed by atoms with Gasteiger partial charge in [-0.3, -0.25) is 14.4 Å². The van der Waals surface area contributed by atoms with Crippen molar-refractivity contribution in [1.82, 2.24) is 0 Å². The number of carboxylic acids is 1. The molecule has 0 heterocycles. The van der Waals surface area contributed by atoms with Gasteiger partial charge in [-0.05, 0) is 23.1 Å². The molecule has 2 rings (SSSR count). The van der Waals surface area contributed by atoms with Gasteiger partial charge >= 0.3 is 5.97 Å². The summed E-state index contributed by atoms with van der Waals surface area (Å²) in [6, 6.07) is 6.74. The van der Waals surface area contributed by atoms with Crippen LogP contribution in [0.1, 0.15) is 19.4 Å².